The number of furan rings is 1. The van der Waals surface area contributed by atoms with Crippen LogP contribution in [0.4, 0.5) is 0 Å². The Bertz CT molecular complexity index is 927. The van der Waals surface area contributed by atoms with Crippen molar-refractivity contribution >= 4 is 17.7 Å². The molecule has 0 fully saturated rings. The average molecular weight is 401 g/mol. The maximum Gasteiger partial charge on any atom is 0.284 e. The Morgan fingerprint density at radius 2 is 2.07 bits per heavy atom. The Hall–Kier alpha value is -2.94. The third kappa shape index (κ3) is 4.14. The maximum atomic E-state index is 12.6. The summed E-state index contributed by atoms with van der Waals surface area (Å²) in [6.07, 6.45) is 1.32. The summed E-state index contributed by atoms with van der Waals surface area (Å²) in [5.74, 6) is 2.38. The summed E-state index contributed by atoms with van der Waals surface area (Å²) in [5.41, 5.74) is 0. The molecular weight excluding hydrogens is 382 g/mol. The minimum atomic E-state index is -0.210. The largest absolute Gasteiger partial charge is 0.486 e. The third-order valence-corrected chi connectivity index (χ3v) is 4.99. The second-order valence-electron chi connectivity index (χ2n) is 6.07. The molecule has 0 aliphatic carbocycles. The van der Waals surface area contributed by atoms with Crippen molar-refractivity contribution in [1.82, 2.24) is 15.1 Å². The van der Waals surface area contributed by atoms with E-state index >= 15 is 0 Å². The average Bonchev–Trinajstić information content (AvgIpc) is 3.41. The number of rotatable bonds is 7. The van der Waals surface area contributed by atoms with Gasteiger partial charge in [-0.2, -0.15) is 0 Å². The zero-order valence-electron chi connectivity index (χ0n) is 15.2. The highest BCUT2D eigenvalue weighted by molar-refractivity contribution is 7.99. The topological polar surface area (TPSA) is 90.8 Å². The van der Waals surface area contributed by atoms with Crippen molar-refractivity contribution in [3.05, 3.63) is 42.7 Å². The van der Waals surface area contributed by atoms with E-state index in [4.69, 9.17) is 18.3 Å². The highest BCUT2D eigenvalue weighted by atomic mass is 32.2. The lowest BCUT2D eigenvalue weighted by Crippen LogP contribution is -2.44. The van der Waals surface area contributed by atoms with Gasteiger partial charge in [-0.1, -0.05) is 23.9 Å². The van der Waals surface area contributed by atoms with Crippen molar-refractivity contribution in [3.8, 4) is 23.1 Å². The van der Waals surface area contributed by atoms with Crippen LogP contribution >= 0.6 is 11.8 Å². The van der Waals surface area contributed by atoms with Gasteiger partial charge in [-0.3, -0.25) is 4.79 Å². The van der Waals surface area contributed by atoms with E-state index in [1.54, 1.807) is 17.0 Å². The Balaban J connectivity index is 1.31. The number of likely N-dealkylation sites (N-methyl/N-ethyl adjacent to an activating group) is 1. The van der Waals surface area contributed by atoms with Gasteiger partial charge in [0, 0.05) is 6.54 Å². The van der Waals surface area contributed by atoms with Crippen molar-refractivity contribution in [2.45, 2.75) is 18.3 Å². The van der Waals surface area contributed by atoms with Crippen LogP contribution in [0.15, 0.2) is 56.7 Å². The van der Waals surface area contributed by atoms with Crippen LogP contribution in [0.5, 0.6) is 11.5 Å². The first-order valence-corrected chi connectivity index (χ1v) is 9.88. The molecule has 0 saturated carbocycles. The van der Waals surface area contributed by atoms with Crippen LogP contribution in [-0.2, 0) is 4.79 Å². The van der Waals surface area contributed by atoms with Gasteiger partial charge in [0.05, 0.1) is 18.6 Å². The smallest absolute Gasteiger partial charge is 0.284 e. The summed E-state index contributed by atoms with van der Waals surface area (Å²) in [6.45, 7) is 3.36. The number of carbonyl (C=O) groups excluding carboxylic acids is 1. The number of benzene rings is 1. The zero-order chi connectivity index (χ0) is 19.3. The molecule has 0 N–H and O–H groups in total. The van der Waals surface area contributed by atoms with E-state index < -0.39 is 0 Å². The van der Waals surface area contributed by atoms with Crippen LogP contribution in [0.3, 0.4) is 0 Å². The molecule has 146 valence electrons. The third-order valence-electron chi connectivity index (χ3n) is 4.18. The molecule has 8 nitrogen and oxygen atoms in total. The minimum Gasteiger partial charge on any atom is -0.486 e. The number of amides is 1. The standard InChI is InChI=1S/C19H19N3O5S/c1-2-22(10-13-11-25-14-6-3-4-7-15(14)26-13)17(23)12-28-19-21-20-18(27-19)16-8-5-9-24-16/h3-9,13H,2,10-12H2,1H3/t13-/m1/s1. The number of fused-ring (bicyclic) bond motifs is 1. The number of aromatic nitrogens is 2. The second-order valence-corrected chi connectivity index (χ2v) is 7.00. The molecule has 3 aromatic rings. The summed E-state index contributed by atoms with van der Waals surface area (Å²) in [4.78, 5) is 14.3. The molecule has 0 radical (unpaired) electrons. The number of carbonyl (C=O) groups is 1. The molecular formula is C19H19N3O5S. The fourth-order valence-corrected chi connectivity index (χ4v) is 3.45. The quantitative estimate of drug-likeness (QED) is 0.558. The monoisotopic (exact) mass is 401 g/mol. The van der Waals surface area contributed by atoms with Crippen LogP contribution in [-0.4, -0.2) is 52.6 Å². The first-order chi connectivity index (χ1) is 13.7. The van der Waals surface area contributed by atoms with Crippen molar-refractivity contribution in [1.29, 1.82) is 0 Å². The second kappa shape index (κ2) is 8.39. The fourth-order valence-electron chi connectivity index (χ4n) is 2.79. The lowest BCUT2D eigenvalue weighted by molar-refractivity contribution is -0.129. The summed E-state index contributed by atoms with van der Waals surface area (Å²) in [7, 11) is 0. The van der Waals surface area contributed by atoms with Gasteiger partial charge < -0.3 is 23.2 Å². The summed E-state index contributed by atoms with van der Waals surface area (Å²) in [6, 6.07) is 11.0. The van der Waals surface area contributed by atoms with Gasteiger partial charge in [-0.15, -0.1) is 10.2 Å². The van der Waals surface area contributed by atoms with Crippen LogP contribution < -0.4 is 9.47 Å². The molecule has 1 aliphatic heterocycles. The molecule has 1 atom stereocenters. The SMILES string of the molecule is CCN(C[C@@H]1COc2ccccc2O1)C(=O)CSc1nnc(-c2ccco2)o1. The fraction of sp³-hybridized carbons (Fsp3) is 0.316. The summed E-state index contributed by atoms with van der Waals surface area (Å²) < 4.78 is 22.4. The Morgan fingerprint density at radius 3 is 2.86 bits per heavy atom. The van der Waals surface area contributed by atoms with Gasteiger partial charge in [-0.25, -0.2) is 0 Å². The number of para-hydroxylation sites is 2. The minimum absolute atomic E-state index is 0.0345. The highest BCUT2D eigenvalue weighted by Crippen LogP contribution is 2.31. The molecule has 28 heavy (non-hydrogen) atoms. The van der Waals surface area contributed by atoms with Crippen LogP contribution in [0.2, 0.25) is 0 Å². The first-order valence-electron chi connectivity index (χ1n) is 8.89. The number of nitrogens with zero attached hydrogens (tertiary/aromatic N) is 3. The van der Waals surface area contributed by atoms with E-state index in [9.17, 15) is 4.79 Å². The molecule has 1 aliphatic rings. The number of hydrogen-bond donors (Lipinski definition) is 0. The lowest BCUT2D eigenvalue weighted by Gasteiger charge is -2.30. The highest BCUT2D eigenvalue weighted by Gasteiger charge is 2.25. The van der Waals surface area contributed by atoms with E-state index in [0.717, 1.165) is 5.75 Å². The molecule has 0 unspecified atom stereocenters. The normalized spacial score (nSPS) is 15.4. The van der Waals surface area contributed by atoms with Gasteiger partial charge >= 0.3 is 0 Å². The molecule has 0 spiro atoms. The van der Waals surface area contributed by atoms with E-state index in [-0.39, 0.29) is 17.8 Å². The molecule has 0 saturated heterocycles. The summed E-state index contributed by atoms with van der Waals surface area (Å²) >= 11 is 1.20. The molecule has 2 aromatic heterocycles. The van der Waals surface area contributed by atoms with E-state index in [2.05, 4.69) is 10.2 Å². The van der Waals surface area contributed by atoms with Gasteiger partial charge in [0.15, 0.2) is 23.4 Å². The van der Waals surface area contributed by atoms with Crippen molar-refractivity contribution < 1.29 is 23.1 Å². The van der Waals surface area contributed by atoms with Crippen LogP contribution in [0.25, 0.3) is 11.7 Å². The van der Waals surface area contributed by atoms with Crippen molar-refractivity contribution in [2.24, 2.45) is 0 Å². The van der Waals surface area contributed by atoms with Crippen molar-refractivity contribution in [2.75, 3.05) is 25.4 Å². The summed E-state index contributed by atoms with van der Waals surface area (Å²) in [5, 5.41) is 8.19. The molecule has 0 bridgehead atoms. The first kappa shape index (κ1) is 18.4. The van der Waals surface area contributed by atoms with Crippen molar-refractivity contribution in [3.63, 3.8) is 0 Å². The number of thioether (sulfide) groups is 1. The van der Waals surface area contributed by atoms with Gasteiger partial charge in [0.1, 0.15) is 6.61 Å². The van der Waals surface area contributed by atoms with Gasteiger partial charge in [0.2, 0.25) is 5.91 Å². The Kier molecular flexibility index (Phi) is 5.52. The predicted octanol–water partition coefficient (Wildman–Crippen LogP) is 3.11. The molecule has 1 amide bonds. The van der Waals surface area contributed by atoms with E-state index in [1.807, 2.05) is 31.2 Å². The van der Waals surface area contributed by atoms with E-state index in [0.29, 0.717) is 42.3 Å². The van der Waals surface area contributed by atoms with Crippen LogP contribution in [0.1, 0.15) is 6.92 Å². The Labute approximate surface area is 165 Å². The predicted molar refractivity (Wildman–Crippen MR) is 101 cm³/mol. The zero-order valence-corrected chi connectivity index (χ0v) is 16.1. The number of hydrogen-bond acceptors (Lipinski definition) is 8. The van der Waals surface area contributed by atoms with Gasteiger partial charge in [0.25, 0.3) is 11.1 Å². The molecule has 4 rings (SSSR count). The molecule has 9 heteroatoms. The van der Waals surface area contributed by atoms with Gasteiger partial charge in [-0.05, 0) is 31.2 Å². The molecule has 1 aromatic carbocycles. The van der Waals surface area contributed by atoms with Crippen LogP contribution in [0, 0.1) is 0 Å². The van der Waals surface area contributed by atoms with E-state index in [1.165, 1.54) is 18.0 Å². The lowest BCUT2D eigenvalue weighted by atomic mass is 10.2. The Morgan fingerprint density at radius 1 is 1.21 bits per heavy atom. The maximum absolute atomic E-state index is 12.6. The molecule has 3 heterocycles. The number of ether oxygens (including phenoxy) is 2.